The van der Waals surface area contributed by atoms with Gasteiger partial charge in [-0.1, -0.05) is 36.0 Å². The lowest BCUT2D eigenvalue weighted by Crippen LogP contribution is -2.24. The van der Waals surface area contributed by atoms with E-state index in [-0.39, 0.29) is 29.3 Å². The zero-order valence-electron chi connectivity index (χ0n) is 14.9. The van der Waals surface area contributed by atoms with Crippen LogP contribution in [0.4, 0.5) is 8.78 Å². The highest BCUT2D eigenvalue weighted by atomic mass is 32.2. The molecular formula is C20H18F2N4OS. The van der Waals surface area contributed by atoms with Gasteiger partial charge in [0.25, 0.3) is 0 Å². The number of rotatable bonds is 7. The van der Waals surface area contributed by atoms with Crippen LogP contribution >= 0.6 is 11.8 Å². The summed E-state index contributed by atoms with van der Waals surface area (Å²) < 4.78 is 29.0. The van der Waals surface area contributed by atoms with Crippen molar-refractivity contribution >= 4 is 17.7 Å². The molecule has 2 aromatic carbocycles. The van der Waals surface area contributed by atoms with Crippen LogP contribution < -0.4 is 5.32 Å². The summed E-state index contributed by atoms with van der Waals surface area (Å²) in [7, 11) is 0. The van der Waals surface area contributed by atoms with Gasteiger partial charge < -0.3 is 5.32 Å². The molecule has 0 radical (unpaired) electrons. The van der Waals surface area contributed by atoms with Crippen molar-refractivity contribution in [3.8, 4) is 11.4 Å². The fraction of sp³-hybridized carbons (Fsp3) is 0.250. The number of aromatic nitrogens is 3. The Morgan fingerprint density at radius 2 is 1.86 bits per heavy atom. The van der Waals surface area contributed by atoms with E-state index < -0.39 is 0 Å². The molecule has 28 heavy (non-hydrogen) atoms. The number of benzene rings is 2. The number of hydrogen-bond acceptors (Lipinski definition) is 4. The Morgan fingerprint density at radius 1 is 1.11 bits per heavy atom. The summed E-state index contributed by atoms with van der Waals surface area (Å²) in [5.41, 5.74) is 1.23. The Balaban J connectivity index is 1.41. The average Bonchev–Trinajstić information content (AvgIpc) is 3.46. The molecule has 8 heteroatoms. The monoisotopic (exact) mass is 400 g/mol. The SMILES string of the molecule is O=C(CSc1nnc(-c2ccccc2F)n1C1CC1)NCc1ccc(F)cc1. The number of thioether (sulfide) groups is 1. The van der Waals surface area contributed by atoms with E-state index in [1.165, 1.54) is 30.0 Å². The van der Waals surface area contributed by atoms with E-state index in [2.05, 4.69) is 15.5 Å². The summed E-state index contributed by atoms with van der Waals surface area (Å²) in [6.07, 6.45) is 1.98. The van der Waals surface area contributed by atoms with Crippen molar-refractivity contribution in [2.45, 2.75) is 30.6 Å². The molecule has 1 amide bonds. The lowest BCUT2D eigenvalue weighted by Gasteiger charge is -2.09. The second-order valence-electron chi connectivity index (χ2n) is 6.58. The summed E-state index contributed by atoms with van der Waals surface area (Å²) in [5.74, 6) is -0.147. The van der Waals surface area contributed by atoms with Gasteiger partial charge in [-0.2, -0.15) is 0 Å². The minimum atomic E-state index is -0.342. The third-order valence-electron chi connectivity index (χ3n) is 4.43. The van der Waals surface area contributed by atoms with Crippen LogP contribution in [0, 0.1) is 11.6 Å². The molecule has 1 N–H and O–H groups in total. The molecule has 0 spiro atoms. The van der Waals surface area contributed by atoms with Crippen LogP contribution in [0.3, 0.4) is 0 Å². The third-order valence-corrected chi connectivity index (χ3v) is 5.37. The molecule has 1 aliphatic rings. The van der Waals surface area contributed by atoms with Crippen LogP contribution in [0.25, 0.3) is 11.4 Å². The molecule has 144 valence electrons. The molecule has 3 aromatic rings. The first kappa shape index (κ1) is 18.6. The molecule has 5 nitrogen and oxygen atoms in total. The van der Waals surface area contributed by atoms with Crippen molar-refractivity contribution < 1.29 is 13.6 Å². The number of carbonyl (C=O) groups excluding carboxylic acids is 1. The molecule has 0 bridgehead atoms. The lowest BCUT2D eigenvalue weighted by molar-refractivity contribution is -0.118. The predicted molar refractivity (Wildman–Crippen MR) is 103 cm³/mol. The van der Waals surface area contributed by atoms with Crippen LogP contribution in [-0.4, -0.2) is 26.4 Å². The molecular weight excluding hydrogens is 382 g/mol. The van der Waals surface area contributed by atoms with Crippen molar-refractivity contribution in [2.24, 2.45) is 0 Å². The first-order chi connectivity index (χ1) is 13.6. The second-order valence-corrected chi connectivity index (χ2v) is 7.52. The van der Waals surface area contributed by atoms with E-state index in [4.69, 9.17) is 0 Å². The van der Waals surface area contributed by atoms with Gasteiger partial charge in [0, 0.05) is 12.6 Å². The van der Waals surface area contributed by atoms with Crippen LogP contribution in [0.2, 0.25) is 0 Å². The Morgan fingerprint density at radius 3 is 2.57 bits per heavy atom. The average molecular weight is 400 g/mol. The highest BCUT2D eigenvalue weighted by molar-refractivity contribution is 7.99. The third kappa shape index (κ3) is 4.22. The lowest BCUT2D eigenvalue weighted by atomic mass is 10.2. The first-order valence-corrected chi connectivity index (χ1v) is 9.94. The fourth-order valence-corrected chi connectivity index (χ4v) is 3.68. The van der Waals surface area contributed by atoms with Crippen molar-refractivity contribution in [3.05, 3.63) is 65.7 Å². The van der Waals surface area contributed by atoms with Gasteiger partial charge in [0.2, 0.25) is 5.91 Å². The van der Waals surface area contributed by atoms with Gasteiger partial charge in [0.1, 0.15) is 11.6 Å². The van der Waals surface area contributed by atoms with E-state index in [1.54, 1.807) is 30.3 Å². The Hall–Kier alpha value is -2.74. The number of halogens is 2. The molecule has 4 rings (SSSR count). The number of carbonyl (C=O) groups is 1. The number of nitrogens with zero attached hydrogens (tertiary/aromatic N) is 3. The van der Waals surface area contributed by atoms with Gasteiger partial charge in [-0.25, -0.2) is 8.78 Å². The van der Waals surface area contributed by atoms with E-state index >= 15 is 0 Å². The van der Waals surface area contributed by atoms with E-state index in [1.807, 2.05) is 4.57 Å². The number of nitrogens with one attached hydrogen (secondary N) is 1. The van der Waals surface area contributed by atoms with Crippen molar-refractivity contribution in [1.82, 2.24) is 20.1 Å². The normalized spacial score (nSPS) is 13.5. The summed E-state index contributed by atoms with van der Waals surface area (Å²) in [6.45, 7) is 0.329. The maximum Gasteiger partial charge on any atom is 0.230 e. The molecule has 0 saturated heterocycles. The van der Waals surface area contributed by atoms with Crippen LogP contribution in [0.1, 0.15) is 24.4 Å². The van der Waals surface area contributed by atoms with Crippen LogP contribution in [0.5, 0.6) is 0 Å². The minimum absolute atomic E-state index is 0.160. The second kappa shape index (κ2) is 8.10. The number of hydrogen-bond donors (Lipinski definition) is 1. The molecule has 0 aliphatic heterocycles. The molecule has 1 saturated carbocycles. The summed E-state index contributed by atoms with van der Waals surface area (Å²) in [4.78, 5) is 12.2. The predicted octanol–water partition coefficient (Wildman–Crippen LogP) is 3.97. The van der Waals surface area contributed by atoms with Crippen molar-refractivity contribution in [2.75, 3.05) is 5.75 Å². The van der Waals surface area contributed by atoms with Gasteiger partial charge in [-0.3, -0.25) is 9.36 Å². The zero-order chi connectivity index (χ0) is 19.5. The maximum absolute atomic E-state index is 14.2. The Kier molecular flexibility index (Phi) is 5.38. The Labute approximate surface area is 165 Å². The van der Waals surface area contributed by atoms with Crippen LogP contribution in [0.15, 0.2) is 53.7 Å². The molecule has 1 fully saturated rings. The van der Waals surface area contributed by atoms with E-state index in [9.17, 15) is 13.6 Å². The topological polar surface area (TPSA) is 59.8 Å². The quantitative estimate of drug-likeness (QED) is 0.610. The van der Waals surface area contributed by atoms with Gasteiger partial charge in [-0.15, -0.1) is 10.2 Å². The van der Waals surface area contributed by atoms with Crippen molar-refractivity contribution in [1.29, 1.82) is 0 Å². The summed E-state index contributed by atoms with van der Waals surface area (Å²) >= 11 is 1.28. The molecule has 0 unspecified atom stereocenters. The number of amides is 1. The highest BCUT2D eigenvalue weighted by Gasteiger charge is 2.31. The van der Waals surface area contributed by atoms with Gasteiger partial charge >= 0.3 is 0 Å². The summed E-state index contributed by atoms with van der Waals surface area (Å²) in [6, 6.07) is 12.7. The van der Waals surface area contributed by atoms with Gasteiger partial charge in [0.05, 0.1) is 11.3 Å². The first-order valence-electron chi connectivity index (χ1n) is 8.95. The highest BCUT2D eigenvalue weighted by Crippen LogP contribution is 2.41. The van der Waals surface area contributed by atoms with Crippen molar-refractivity contribution in [3.63, 3.8) is 0 Å². The smallest absolute Gasteiger partial charge is 0.230 e. The summed E-state index contributed by atoms with van der Waals surface area (Å²) in [5, 5.41) is 11.8. The zero-order valence-corrected chi connectivity index (χ0v) is 15.8. The molecule has 0 atom stereocenters. The largest absolute Gasteiger partial charge is 0.351 e. The van der Waals surface area contributed by atoms with Gasteiger partial charge in [0.15, 0.2) is 11.0 Å². The Bertz CT molecular complexity index is 986. The molecule has 1 aromatic heterocycles. The van der Waals surface area contributed by atoms with E-state index in [0.29, 0.717) is 23.1 Å². The maximum atomic E-state index is 14.2. The standard InChI is InChI=1S/C20H18F2N4OS/c21-14-7-5-13(6-8-14)11-23-18(27)12-28-20-25-24-19(26(20)15-9-10-15)16-3-1-2-4-17(16)22/h1-8,15H,9-12H2,(H,23,27). The molecule has 1 heterocycles. The van der Waals surface area contributed by atoms with Crippen LogP contribution in [-0.2, 0) is 11.3 Å². The van der Waals surface area contributed by atoms with Gasteiger partial charge in [-0.05, 0) is 42.7 Å². The van der Waals surface area contributed by atoms with E-state index in [0.717, 1.165) is 18.4 Å². The molecule has 1 aliphatic carbocycles. The fourth-order valence-electron chi connectivity index (χ4n) is 2.85. The minimum Gasteiger partial charge on any atom is -0.351 e.